The van der Waals surface area contributed by atoms with Crippen molar-refractivity contribution in [3.05, 3.63) is 42.9 Å². The Morgan fingerprint density at radius 2 is 2.06 bits per heavy atom. The molecule has 1 heterocycles. The van der Waals surface area contributed by atoms with Gasteiger partial charge in [-0.05, 0) is 19.1 Å². The molecule has 0 bridgehead atoms. The van der Waals surface area contributed by atoms with Crippen LogP contribution in [0.2, 0.25) is 0 Å². The van der Waals surface area contributed by atoms with Gasteiger partial charge in [0.1, 0.15) is 12.5 Å². The smallest absolute Gasteiger partial charge is 0.221 e. The molecule has 1 aromatic carbocycles. The summed E-state index contributed by atoms with van der Waals surface area (Å²) in [6, 6.07) is 9.61. The molecule has 0 aliphatic carbocycles. The van der Waals surface area contributed by atoms with E-state index in [2.05, 4.69) is 4.98 Å². The number of nitrogens with zero attached hydrogens (tertiary/aromatic N) is 2. The van der Waals surface area contributed by atoms with Crippen LogP contribution in [-0.2, 0) is 11.5 Å². The number of aromatic nitrogens is 2. The number of ether oxygens (including phenoxy) is 2. The van der Waals surface area contributed by atoms with Crippen molar-refractivity contribution >= 4 is 0 Å². The van der Waals surface area contributed by atoms with Gasteiger partial charge >= 0.3 is 0 Å². The molecule has 16 heavy (non-hydrogen) atoms. The molecule has 2 aromatic rings. The van der Waals surface area contributed by atoms with Crippen molar-refractivity contribution in [2.45, 2.75) is 13.7 Å². The molecule has 0 atom stereocenters. The van der Waals surface area contributed by atoms with Crippen molar-refractivity contribution in [3.8, 4) is 11.6 Å². The fraction of sp³-hybridized carbons (Fsp3) is 0.250. The number of para-hydroxylation sites is 1. The van der Waals surface area contributed by atoms with E-state index >= 15 is 0 Å². The van der Waals surface area contributed by atoms with Gasteiger partial charge in [0.25, 0.3) is 0 Å². The van der Waals surface area contributed by atoms with E-state index < -0.39 is 0 Å². The molecule has 0 aliphatic heterocycles. The van der Waals surface area contributed by atoms with Gasteiger partial charge in [0, 0.05) is 6.61 Å². The molecule has 0 spiro atoms. The first-order valence-corrected chi connectivity index (χ1v) is 5.21. The summed E-state index contributed by atoms with van der Waals surface area (Å²) in [5.74, 6) is 1.47. The lowest BCUT2D eigenvalue weighted by Crippen LogP contribution is -2.02. The summed E-state index contributed by atoms with van der Waals surface area (Å²) in [5, 5.41) is 0. The van der Waals surface area contributed by atoms with E-state index in [1.54, 1.807) is 12.5 Å². The first kappa shape index (κ1) is 10.7. The lowest BCUT2D eigenvalue weighted by Gasteiger charge is -2.08. The zero-order chi connectivity index (χ0) is 11.2. The molecule has 0 unspecified atom stereocenters. The minimum Gasteiger partial charge on any atom is -0.439 e. The Kier molecular flexibility index (Phi) is 3.56. The van der Waals surface area contributed by atoms with E-state index in [0.29, 0.717) is 19.2 Å². The van der Waals surface area contributed by atoms with Crippen molar-refractivity contribution in [1.29, 1.82) is 0 Å². The molecule has 0 saturated carbocycles. The lowest BCUT2D eigenvalue weighted by molar-refractivity contribution is 0.0832. The van der Waals surface area contributed by atoms with Crippen LogP contribution in [-0.4, -0.2) is 16.2 Å². The molecule has 0 amide bonds. The second-order valence-corrected chi connectivity index (χ2v) is 3.24. The van der Waals surface area contributed by atoms with Crippen LogP contribution in [0.25, 0.3) is 0 Å². The number of imidazole rings is 1. The number of rotatable bonds is 5. The topological polar surface area (TPSA) is 36.3 Å². The van der Waals surface area contributed by atoms with Gasteiger partial charge in [0.15, 0.2) is 0 Å². The Morgan fingerprint density at radius 3 is 2.81 bits per heavy atom. The van der Waals surface area contributed by atoms with Crippen molar-refractivity contribution < 1.29 is 9.47 Å². The minimum atomic E-state index is 0.457. The maximum Gasteiger partial charge on any atom is 0.221 e. The van der Waals surface area contributed by atoms with Crippen LogP contribution in [0.4, 0.5) is 0 Å². The van der Waals surface area contributed by atoms with Gasteiger partial charge < -0.3 is 9.47 Å². The van der Waals surface area contributed by atoms with Gasteiger partial charge in [0.05, 0.1) is 12.5 Å². The predicted octanol–water partition coefficient (Wildman–Crippen LogP) is 2.67. The van der Waals surface area contributed by atoms with Gasteiger partial charge in [0.2, 0.25) is 5.88 Å². The van der Waals surface area contributed by atoms with Crippen LogP contribution in [0.5, 0.6) is 11.6 Å². The van der Waals surface area contributed by atoms with Crippen LogP contribution in [0, 0.1) is 0 Å². The maximum atomic E-state index is 5.67. The van der Waals surface area contributed by atoms with E-state index in [0.717, 1.165) is 5.75 Å². The zero-order valence-corrected chi connectivity index (χ0v) is 9.17. The summed E-state index contributed by atoms with van der Waals surface area (Å²) in [4.78, 5) is 4.03. The zero-order valence-electron chi connectivity index (χ0n) is 9.17. The molecule has 4 heteroatoms. The van der Waals surface area contributed by atoms with Crippen LogP contribution in [0.15, 0.2) is 42.9 Å². The molecule has 1 aromatic heterocycles. The van der Waals surface area contributed by atoms with E-state index in [4.69, 9.17) is 9.47 Å². The molecular formula is C12H14N2O2. The molecule has 0 radical (unpaired) electrons. The fourth-order valence-electron chi connectivity index (χ4n) is 1.29. The minimum absolute atomic E-state index is 0.457. The summed E-state index contributed by atoms with van der Waals surface area (Å²) in [7, 11) is 0. The van der Waals surface area contributed by atoms with Gasteiger partial charge in [-0.3, -0.25) is 4.57 Å². The van der Waals surface area contributed by atoms with Crippen molar-refractivity contribution in [2.24, 2.45) is 0 Å². The standard InChI is InChI=1S/C12H14N2O2/c1-2-15-10-14-9-13-8-12(14)16-11-6-4-3-5-7-11/h3-9H,2,10H2,1H3. The Labute approximate surface area is 94.4 Å². The summed E-state index contributed by atoms with van der Waals surface area (Å²) in [6.07, 6.45) is 3.36. The second kappa shape index (κ2) is 5.32. The van der Waals surface area contributed by atoms with E-state index in [-0.39, 0.29) is 0 Å². The molecule has 0 aliphatic rings. The highest BCUT2D eigenvalue weighted by atomic mass is 16.5. The third kappa shape index (κ3) is 2.61. The molecule has 84 valence electrons. The Morgan fingerprint density at radius 1 is 1.25 bits per heavy atom. The van der Waals surface area contributed by atoms with Crippen LogP contribution in [0.1, 0.15) is 6.92 Å². The van der Waals surface area contributed by atoms with Crippen LogP contribution >= 0.6 is 0 Å². The summed E-state index contributed by atoms with van der Waals surface area (Å²) in [5.41, 5.74) is 0. The quantitative estimate of drug-likeness (QED) is 0.774. The van der Waals surface area contributed by atoms with Crippen molar-refractivity contribution in [1.82, 2.24) is 9.55 Å². The number of hydrogen-bond donors (Lipinski definition) is 0. The maximum absolute atomic E-state index is 5.67. The summed E-state index contributed by atoms with van der Waals surface area (Å²) >= 11 is 0. The summed E-state index contributed by atoms with van der Waals surface area (Å²) in [6.45, 7) is 3.08. The second-order valence-electron chi connectivity index (χ2n) is 3.24. The SMILES string of the molecule is CCOCn1cncc1Oc1ccccc1. The van der Waals surface area contributed by atoms with E-state index in [1.807, 2.05) is 41.8 Å². The normalized spacial score (nSPS) is 10.3. The fourth-order valence-corrected chi connectivity index (χ4v) is 1.29. The summed E-state index contributed by atoms with van der Waals surface area (Å²) < 4.78 is 12.8. The van der Waals surface area contributed by atoms with Crippen LogP contribution < -0.4 is 4.74 Å². The average molecular weight is 218 g/mol. The Balaban J connectivity index is 2.07. The molecular weight excluding hydrogens is 204 g/mol. The van der Waals surface area contributed by atoms with E-state index in [1.165, 1.54) is 0 Å². The molecule has 2 rings (SSSR count). The van der Waals surface area contributed by atoms with Crippen LogP contribution in [0.3, 0.4) is 0 Å². The first-order chi connectivity index (χ1) is 7.90. The molecule has 0 saturated heterocycles. The van der Waals surface area contributed by atoms with Gasteiger partial charge in [-0.1, -0.05) is 18.2 Å². The van der Waals surface area contributed by atoms with Gasteiger partial charge in [-0.2, -0.15) is 0 Å². The highest BCUT2D eigenvalue weighted by molar-refractivity contribution is 5.25. The number of hydrogen-bond acceptors (Lipinski definition) is 3. The first-order valence-electron chi connectivity index (χ1n) is 5.21. The largest absolute Gasteiger partial charge is 0.439 e. The van der Waals surface area contributed by atoms with Crippen molar-refractivity contribution in [2.75, 3.05) is 6.61 Å². The third-order valence-corrected chi connectivity index (χ3v) is 2.07. The van der Waals surface area contributed by atoms with Crippen molar-refractivity contribution in [3.63, 3.8) is 0 Å². The lowest BCUT2D eigenvalue weighted by atomic mass is 10.3. The molecule has 0 fully saturated rings. The monoisotopic (exact) mass is 218 g/mol. The third-order valence-electron chi connectivity index (χ3n) is 2.07. The molecule has 0 N–H and O–H groups in total. The average Bonchev–Trinajstić information content (AvgIpc) is 2.75. The highest BCUT2D eigenvalue weighted by Gasteiger charge is 2.03. The van der Waals surface area contributed by atoms with Gasteiger partial charge in [-0.25, -0.2) is 4.98 Å². The Bertz CT molecular complexity index is 426. The molecule has 4 nitrogen and oxygen atoms in total. The predicted molar refractivity (Wildman–Crippen MR) is 60.4 cm³/mol. The Hall–Kier alpha value is -1.81. The van der Waals surface area contributed by atoms with Gasteiger partial charge in [-0.15, -0.1) is 0 Å². The van der Waals surface area contributed by atoms with E-state index in [9.17, 15) is 0 Å². The number of benzene rings is 1. The highest BCUT2D eigenvalue weighted by Crippen LogP contribution is 2.20.